The number of rotatable bonds is 5. The molecule has 1 heterocycles. The van der Waals surface area contributed by atoms with E-state index in [9.17, 15) is 19.8 Å². The van der Waals surface area contributed by atoms with Gasteiger partial charge in [0, 0.05) is 12.8 Å². The summed E-state index contributed by atoms with van der Waals surface area (Å²) in [6, 6.07) is 4.30. The van der Waals surface area contributed by atoms with E-state index >= 15 is 0 Å². The van der Waals surface area contributed by atoms with Crippen LogP contribution in [0.5, 0.6) is 5.88 Å². The number of carboxylic acids is 1. The van der Waals surface area contributed by atoms with Gasteiger partial charge in [-0.25, -0.2) is 0 Å². The number of H-pyrrole nitrogens is 1. The molecule has 124 valence electrons. The van der Waals surface area contributed by atoms with E-state index in [-0.39, 0.29) is 28.3 Å². The van der Waals surface area contributed by atoms with Crippen LogP contribution in [-0.4, -0.2) is 26.8 Å². The highest BCUT2D eigenvalue weighted by Crippen LogP contribution is 2.20. The lowest BCUT2D eigenvalue weighted by atomic mass is 10.1. The second kappa shape index (κ2) is 7.05. The van der Waals surface area contributed by atoms with Crippen molar-refractivity contribution in [3.63, 3.8) is 0 Å². The number of carbonyl (C=O) groups is 1. The third kappa shape index (κ3) is 3.49. The van der Waals surface area contributed by atoms with Crippen molar-refractivity contribution in [3.05, 3.63) is 62.7 Å². The molecule has 0 radical (unpaired) electrons. The minimum atomic E-state index is -1.33. The number of carbonyl (C=O) groups excluding carboxylic acids is 1. The van der Waals surface area contributed by atoms with Gasteiger partial charge in [-0.3, -0.25) is 19.3 Å². The molecule has 0 atom stereocenters. The normalized spacial score (nSPS) is 10.9. The molecule has 0 aliphatic rings. The van der Waals surface area contributed by atoms with Crippen molar-refractivity contribution in [3.8, 4) is 5.88 Å². The first-order valence-electron chi connectivity index (χ1n) is 6.88. The summed E-state index contributed by atoms with van der Waals surface area (Å²) in [6.45, 7) is 5.50. The van der Waals surface area contributed by atoms with E-state index in [2.05, 4.69) is 16.6 Å². The smallest absolute Gasteiger partial charge is 0.264 e. The molecule has 0 aliphatic carbocycles. The predicted molar refractivity (Wildman–Crippen MR) is 90.5 cm³/mol. The van der Waals surface area contributed by atoms with E-state index in [1.807, 2.05) is 0 Å². The van der Waals surface area contributed by atoms with Gasteiger partial charge in [-0.2, -0.15) is 0 Å². The molecular weight excluding hydrogens is 330 g/mol. The molecule has 2 aromatic rings. The molecule has 2 N–H and O–H groups in total. The summed E-state index contributed by atoms with van der Waals surface area (Å²) in [5.74, 6) is -1.67. The maximum absolute atomic E-state index is 12.0. The van der Waals surface area contributed by atoms with E-state index < -0.39 is 11.5 Å². The zero-order valence-electron chi connectivity index (χ0n) is 12.8. The van der Waals surface area contributed by atoms with Gasteiger partial charge >= 0.3 is 0 Å². The van der Waals surface area contributed by atoms with Crippen LogP contribution in [0.2, 0.25) is 0 Å². The second-order valence-corrected chi connectivity index (χ2v) is 5.33. The summed E-state index contributed by atoms with van der Waals surface area (Å²) in [5, 5.41) is 21.1. The number of hydrogen-bond donors (Lipinski definition) is 2. The Bertz CT molecular complexity index is 957. The molecule has 0 unspecified atom stereocenters. The number of benzene rings is 1. The summed E-state index contributed by atoms with van der Waals surface area (Å²) in [6.07, 6.45) is 2.67. The Balaban J connectivity index is 2.54. The number of nitrogens with one attached hydrogen (secondary N) is 1. The van der Waals surface area contributed by atoms with Crippen molar-refractivity contribution in [1.29, 1.82) is 0 Å². The number of aromatic nitrogens is 2. The van der Waals surface area contributed by atoms with Gasteiger partial charge in [-0.15, -0.1) is 6.58 Å². The van der Waals surface area contributed by atoms with Crippen molar-refractivity contribution in [2.24, 2.45) is 4.99 Å². The lowest BCUT2D eigenvalue weighted by molar-refractivity contribution is -0.255. The third-order valence-electron chi connectivity index (χ3n) is 3.30. The van der Waals surface area contributed by atoms with Crippen molar-refractivity contribution in [1.82, 2.24) is 9.55 Å². The summed E-state index contributed by atoms with van der Waals surface area (Å²) in [5.41, 5.74) is 0.312. The summed E-state index contributed by atoms with van der Waals surface area (Å²) in [4.78, 5) is 29.4. The van der Waals surface area contributed by atoms with Crippen LogP contribution < -0.4 is 10.7 Å². The number of hydrogen-bond acceptors (Lipinski definition) is 6. The molecule has 7 nitrogen and oxygen atoms in total. The monoisotopic (exact) mass is 344 g/mol. The Labute approximate surface area is 142 Å². The Hall–Kier alpha value is -3.00. The van der Waals surface area contributed by atoms with Gasteiger partial charge in [0.05, 0.1) is 11.7 Å². The quantitative estimate of drug-likeness (QED) is 0.481. The molecule has 0 bridgehead atoms. The summed E-state index contributed by atoms with van der Waals surface area (Å²) in [7, 11) is 0. The average molecular weight is 344 g/mol. The first-order chi connectivity index (χ1) is 11.3. The third-order valence-corrected chi connectivity index (χ3v) is 3.62. The van der Waals surface area contributed by atoms with Gasteiger partial charge in [0.15, 0.2) is 4.77 Å². The van der Waals surface area contributed by atoms with Crippen molar-refractivity contribution in [2.75, 3.05) is 0 Å². The number of aliphatic imine (C=N–C) groups is 1. The number of aromatic amines is 1. The standard InChI is InChI=1S/C16H15N3O4S/c1-3-6-19-14(21)11(13(20)18-16(19)24)8-17-12-7-10(15(22)23)5-4-9(12)2/h3-5,7-8,21H,1,6H2,2H3,(H,22,23)(H,18,20,24)/p-1. The van der Waals surface area contributed by atoms with Crippen LogP contribution in [0.3, 0.4) is 0 Å². The van der Waals surface area contributed by atoms with E-state index in [1.165, 1.54) is 22.8 Å². The molecule has 0 saturated carbocycles. The van der Waals surface area contributed by atoms with Gasteiger partial charge in [-0.1, -0.05) is 18.2 Å². The fourth-order valence-electron chi connectivity index (χ4n) is 2.00. The van der Waals surface area contributed by atoms with Gasteiger partial charge in [0.2, 0.25) is 5.88 Å². The van der Waals surface area contributed by atoms with Crippen LogP contribution in [0.15, 0.2) is 40.6 Å². The maximum Gasteiger partial charge on any atom is 0.264 e. The Morgan fingerprint density at radius 2 is 2.25 bits per heavy atom. The molecule has 24 heavy (non-hydrogen) atoms. The van der Waals surface area contributed by atoms with E-state index in [1.54, 1.807) is 13.0 Å². The number of allylic oxidation sites excluding steroid dienone is 1. The first kappa shape index (κ1) is 17.4. The first-order valence-corrected chi connectivity index (χ1v) is 7.29. The molecule has 2 rings (SSSR count). The lowest BCUT2D eigenvalue weighted by Crippen LogP contribution is -2.22. The number of carboxylic acid groups (broad SMARTS) is 1. The Morgan fingerprint density at radius 3 is 2.88 bits per heavy atom. The van der Waals surface area contributed by atoms with Crippen LogP contribution in [0.4, 0.5) is 5.69 Å². The Morgan fingerprint density at radius 1 is 1.54 bits per heavy atom. The molecule has 0 saturated heterocycles. The highest BCUT2D eigenvalue weighted by molar-refractivity contribution is 7.71. The van der Waals surface area contributed by atoms with E-state index in [0.29, 0.717) is 11.3 Å². The number of aromatic carboxylic acids is 1. The van der Waals surface area contributed by atoms with E-state index in [0.717, 1.165) is 6.21 Å². The van der Waals surface area contributed by atoms with Gasteiger partial charge in [-0.05, 0) is 36.3 Å². The molecule has 0 amide bonds. The summed E-state index contributed by atoms with van der Waals surface area (Å²) < 4.78 is 1.35. The highest BCUT2D eigenvalue weighted by atomic mass is 32.1. The molecule has 1 aromatic carbocycles. The number of aryl methyl sites for hydroxylation is 1. The molecule has 0 fully saturated rings. The zero-order chi connectivity index (χ0) is 17.9. The highest BCUT2D eigenvalue weighted by Gasteiger charge is 2.10. The lowest BCUT2D eigenvalue weighted by Gasteiger charge is -2.09. The van der Waals surface area contributed by atoms with Crippen LogP contribution in [0.25, 0.3) is 0 Å². The largest absolute Gasteiger partial charge is 0.545 e. The topological polar surface area (TPSA) is 111 Å². The average Bonchev–Trinajstić information content (AvgIpc) is 2.52. The van der Waals surface area contributed by atoms with Crippen molar-refractivity contribution in [2.45, 2.75) is 13.5 Å². The van der Waals surface area contributed by atoms with Crippen LogP contribution in [0.1, 0.15) is 21.5 Å². The Kier molecular flexibility index (Phi) is 5.10. The minimum absolute atomic E-state index is 0.0338. The van der Waals surface area contributed by atoms with Gasteiger partial charge in [0.1, 0.15) is 5.56 Å². The van der Waals surface area contributed by atoms with Gasteiger partial charge in [0.25, 0.3) is 5.56 Å². The van der Waals surface area contributed by atoms with Crippen LogP contribution >= 0.6 is 12.2 Å². The minimum Gasteiger partial charge on any atom is -0.545 e. The van der Waals surface area contributed by atoms with Crippen molar-refractivity contribution < 1.29 is 15.0 Å². The second-order valence-electron chi connectivity index (χ2n) is 4.94. The molecule has 0 spiro atoms. The maximum atomic E-state index is 12.0. The summed E-state index contributed by atoms with van der Waals surface area (Å²) >= 11 is 4.98. The zero-order valence-corrected chi connectivity index (χ0v) is 13.6. The molecule has 8 heteroatoms. The molecule has 0 aliphatic heterocycles. The number of nitrogens with zero attached hydrogens (tertiary/aromatic N) is 2. The SMILES string of the molecule is C=CCn1c(O)c(C=Nc2cc(C(=O)[O-])ccc2C)c(=O)[nH]c1=S. The molecular formula is C16H14N3O4S-. The fraction of sp³-hybridized carbons (Fsp3) is 0.125. The number of aromatic hydroxyl groups is 1. The van der Waals surface area contributed by atoms with Crippen LogP contribution in [0, 0.1) is 11.7 Å². The van der Waals surface area contributed by atoms with Crippen molar-refractivity contribution >= 4 is 30.1 Å². The molecule has 1 aromatic heterocycles. The van der Waals surface area contributed by atoms with E-state index in [4.69, 9.17) is 12.2 Å². The van der Waals surface area contributed by atoms with Crippen LogP contribution in [-0.2, 0) is 6.54 Å². The fourth-order valence-corrected chi connectivity index (χ4v) is 2.25. The van der Waals surface area contributed by atoms with Gasteiger partial charge < -0.3 is 15.0 Å². The predicted octanol–water partition coefficient (Wildman–Crippen LogP) is 1.22.